The molecule has 1 fully saturated rings. The monoisotopic (exact) mass is 408 g/mol. The number of fused-ring (bicyclic) bond motifs is 2. The van der Waals surface area contributed by atoms with Crippen LogP contribution in [0.1, 0.15) is 48.7 Å². The second kappa shape index (κ2) is 8.46. The molecule has 3 aliphatic rings. The van der Waals surface area contributed by atoms with Gasteiger partial charge >= 0.3 is 0 Å². The lowest BCUT2D eigenvalue weighted by atomic mass is 9.88. The predicted molar refractivity (Wildman–Crippen MR) is 117 cm³/mol. The van der Waals surface area contributed by atoms with Crippen molar-refractivity contribution in [3.05, 3.63) is 45.0 Å². The molecule has 0 saturated carbocycles. The number of nitrogens with zero attached hydrogens (tertiary/aromatic N) is 6. The Labute approximate surface area is 178 Å². The highest BCUT2D eigenvalue weighted by Gasteiger charge is 2.22. The summed E-state index contributed by atoms with van der Waals surface area (Å²) >= 11 is 0. The molecule has 1 unspecified atom stereocenters. The van der Waals surface area contributed by atoms with Crippen LogP contribution in [-0.4, -0.2) is 57.6 Å². The molecule has 0 aromatic carbocycles. The molecule has 0 spiro atoms. The number of rotatable bonds is 4. The van der Waals surface area contributed by atoms with Crippen LogP contribution in [0.15, 0.2) is 16.9 Å². The van der Waals surface area contributed by atoms with Crippen molar-refractivity contribution >= 4 is 5.82 Å². The summed E-state index contributed by atoms with van der Waals surface area (Å²) in [7, 11) is 0. The van der Waals surface area contributed by atoms with E-state index in [1.807, 2.05) is 6.07 Å². The zero-order chi connectivity index (χ0) is 20.5. The number of anilines is 1. The van der Waals surface area contributed by atoms with Crippen molar-refractivity contribution in [1.82, 2.24) is 24.9 Å². The average molecular weight is 409 g/mol. The van der Waals surface area contributed by atoms with Crippen LogP contribution in [0.5, 0.6) is 0 Å². The molecule has 1 aliphatic heterocycles. The van der Waals surface area contributed by atoms with Gasteiger partial charge in [-0.2, -0.15) is 10.2 Å². The van der Waals surface area contributed by atoms with Gasteiger partial charge in [0, 0.05) is 38.8 Å². The summed E-state index contributed by atoms with van der Waals surface area (Å²) in [5.41, 5.74) is 4.92. The summed E-state index contributed by atoms with van der Waals surface area (Å²) in [5.74, 6) is 1.77. The maximum atomic E-state index is 12.4. The number of aromatic nitrogens is 4. The molecule has 160 valence electrons. The summed E-state index contributed by atoms with van der Waals surface area (Å²) in [6, 6.07) is 4.08. The zero-order valence-corrected chi connectivity index (χ0v) is 18.0. The summed E-state index contributed by atoms with van der Waals surface area (Å²) in [4.78, 5) is 17.2. The highest BCUT2D eigenvalue weighted by molar-refractivity contribution is 5.42. The van der Waals surface area contributed by atoms with E-state index in [9.17, 15) is 4.79 Å². The van der Waals surface area contributed by atoms with Crippen molar-refractivity contribution in [2.75, 3.05) is 37.6 Å². The van der Waals surface area contributed by atoms with E-state index in [1.165, 1.54) is 30.5 Å². The maximum absolute atomic E-state index is 12.4. The normalized spacial score (nSPS) is 21.9. The van der Waals surface area contributed by atoms with Crippen LogP contribution < -0.4 is 10.5 Å². The number of hydrogen-bond acceptors (Lipinski definition) is 6. The van der Waals surface area contributed by atoms with Gasteiger partial charge in [-0.25, -0.2) is 4.68 Å². The summed E-state index contributed by atoms with van der Waals surface area (Å²) in [6.45, 7) is 7.73. The molecule has 5 rings (SSSR count). The minimum atomic E-state index is 0.0489. The first kappa shape index (κ1) is 19.7. The van der Waals surface area contributed by atoms with Crippen LogP contribution in [0.25, 0.3) is 0 Å². The summed E-state index contributed by atoms with van der Waals surface area (Å²) in [6.07, 6.45) is 7.79. The molecule has 30 heavy (non-hydrogen) atoms. The van der Waals surface area contributed by atoms with Gasteiger partial charge in [-0.3, -0.25) is 9.69 Å². The Morgan fingerprint density at radius 1 is 0.933 bits per heavy atom. The summed E-state index contributed by atoms with van der Waals surface area (Å²) in [5, 5.41) is 13.7. The SMILES string of the molecule is CC1CCc2nnc(N3CCN(CCn4nc5c(cc4=O)CCCC5)CC3)cc2C1. The van der Waals surface area contributed by atoms with E-state index in [1.54, 1.807) is 4.68 Å². The van der Waals surface area contributed by atoms with Gasteiger partial charge in [-0.1, -0.05) is 6.92 Å². The van der Waals surface area contributed by atoms with Crippen LogP contribution in [0, 0.1) is 5.92 Å². The summed E-state index contributed by atoms with van der Waals surface area (Å²) < 4.78 is 1.67. The van der Waals surface area contributed by atoms with Gasteiger partial charge < -0.3 is 4.90 Å². The Hall–Kier alpha value is -2.28. The van der Waals surface area contributed by atoms with Gasteiger partial charge in [0.2, 0.25) is 0 Å². The lowest BCUT2D eigenvalue weighted by Gasteiger charge is -2.35. The smallest absolute Gasteiger partial charge is 0.267 e. The van der Waals surface area contributed by atoms with Crippen molar-refractivity contribution < 1.29 is 0 Å². The van der Waals surface area contributed by atoms with Crippen molar-refractivity contribution in [3.8, 4) is 0 Å². The highest BCUT2D eigenvalue weighted by Crippen LogP contribution is 2.26. The van der Waals surface area contributed by atoms with Crippen LogP contribution >= 0.6 is 0 Å². The van der Waals surface area contributed by atoms with Crippen LogP contribution in [0.3, 0.4) is 0 Å². The van der Waals surface area contributed by atoms with Gasteiger partial charge in [0.25, 0.3) is 5.56 Å². The zero-order valence-electron chi connectivity index (χ0n) is 18.0. The van der Waals surface area contributed by atoms with Gasteiger partial charge in [-0.05, 0) is 68.1 Å². The Kier molecular flexibility index (Phi) is 5.54. The number of hydrogen-bond donors (Lipinski definition) is 0. The number of piperazine rings is 1. The molecule has 1 saturated heterocycles. The molecule has 3 heterocycles. The Morgan fingerprint density at radius 3 is 2.63 bits per heavy atom. The maximum Gasteiger partial charge on any atom is 0.267 e. The molecule has 0 amide bonds. The lowest BCUT2D eigenvalue weighted by Crippen LogP contribution is -2.48. The molecule has 0 bridgehead atoms. The Balaban J connectivity index is 1.17. The van der Waals surface area contributed by atoms with E-state index in [2.05, 4.69) is 38.1 Å². The van der Waals surface area contributed by atoms with E-state index >= 15 is 0 Å². The van der Waals surface area contributed by atoms with Gasteiger partial charge in [0.1, 0.15) is 0 Å². The van der Waals surface area contributed by atoms with Crippen LogP contribution in [-0.2, 0) is 32.2 Å². The van der Waals surface area contributed by atoms with Gasteiger partial charge in [0.05, 0.1) is 17.9 Å². The second-order valence-electron chi connectivity index (χ2n) is 9.24. The fourth-order valence-electron chi connectivity index (χ4n) is 5.04. The third kappa shape index (κ3) is 4.13. The van der Waals surface area contributed by atoms with Gasteiger partial charge in [-0.15, -0.1) is 5.10 Å². The largest absolute Gasteiger partial charge is 0.353 e. The van der Waals surface area contributed by atoms with Gasteiger partial charge in [0.15, 0.2) is 5.82 Å². The molecule has 1 atom stereocenters. The second-order valence-corrected chi connectivity index (χ2v) is 9.24. The predicted octanol–water partition coefficient (Wildman–Crippen LogP) is 1.86. The highest BCUT2D eigenvalue weighted by atomic mass is 16.1. The van der Waals surface area contributed by atoms with Crippen molar-refractivity contribution in [3.63, 3.8) is 0 Å². The molecule has 7 nitrogen and oxygen atoms in total. The first-order chi connectivity index (χ1) is 14.7. The molecule has 0 radical (unpaired) electrons. The molecular weight excluding hydrogens is 376 g/mol. The van der Waals surface area contributed by atoms with E-state index in [4.69, 9.17) is 0 Å². The van der Waals surface area contributed by atoms with Crippen molar-refractivity contribution in [1.29, 1.82) is 0 Å². The minimum absolute atomic E-state index is 0.0489. The van der Waals surface area contributed by atoms with E-state index in [0.29, 0.717) is 6.54 Å². The average Bonchev–Trinajstić information content (AvgIpc) is 2.77. The minimum Gasteiger partial charge on any atom is -0.353 e. The van der Waals surface area contributed by atoms with Crippen molar-refractivity contribution in [2.24, 2.45) is 5.92 Å². The third-order valence-electron chi connectivity index (χ3n) is 6.99. The van der Waals surface area contributed by atoms with Crippen LogP contribution in [0.2, 0.25) is 0 Å². The quantitative estimate of drug-likeness (QED) is 0.769. The first-order valence-electron chi connectivity index (χ1n) is 11.6. The molecule has 0 N–H and O–H groups in total. The first-order valence-corrected chi connectivity index (χ1v) is 11.6. The molecule has 7 heteroatoms. The molecule has 2 aliphatic carbocycles. The lowest BCUT2D eigenvalue weighted by molar-refractivity contribution is 0.241. The molecular formula is C23H32N6O. The molecule has 2 aromatic heterocycles. The van der Waals surface area contributed by atoms with E-state index in [-0.39, 0.29) is 5.56 Å². The fraction of sp³-hybridized carbons (Fsp3) is 0.652. The van der Waals surface area contributed by atoms with Crippen LogP contribution in [0.4, 0.5) is 5.82 Å². The Bertz CT molecular complexity index is 963. The third-order valence-corrected chi connectivity index (χ3v) is 6.99. The van der Waals surface area contributed by atoms with E-state index < -0.39 is 0 Å². The Morgan fingerprint density at radius 2 is 1.77 bits per heavy atom. The topological polar surface area (TPSA) is 67.2 Å². The van der Waals surface area contributed by atoms with E-state index in [0.717, 1.165) is 81.4 Å². The fourth-order valence-corrected chi connectivity index (χ4v) is 5.04. The standard InChI is InChI=1S/C23H32N6O/c1-17-6-7-20-19(14-17)15-22(25-24-20)28-11-8-27(9-12-28)10-13-29-23(30)16-18-4-2-3-5-21(18)26-29/h15-17H,2-14H2,1H3. The number of aryl methyl sites for hydroxylation is 3. The molecule has 2 aromatic rings. The van der Waals surface area contributed by atoms with Crippen molar-refractivity contribution in [2.45, 2.75) is 58.4 Å².